The summed E-state index contributed by atoms with van der Waals surface area (Å²) < 4.78 is 1.22. The van der Waals surface area contributed by atoms with Crippen molar-refractivity contribution >= 4 is 28.5 Å². The number of benzene rings is 2. The lowest BCUT2D eigenvalue weighted by Crippen LogP contribution is -2.35. The van der Waals surface area contributed by atoms with E-state index >= 15 is 0 Å². The number of nitrogens with one attached hydrogen (secondary N) is 1. The number of rotatable bonds is 4. The molecule has 3 N–H and O–H groups in total. The molecule has 3 heterocycles. The molecule has 4 aromatic rings. The predicted octanol–water partition coefficient (Wildman–Crippen LogP) is 2.86. The fraction of sp³-hybridized carbons (Fsp3) is 0.130. The third-order valence-electron chi connectivity index (χ3n) is 5.67. The van der Waals surface area contributed by atoms with Crippen molar-refractivity contribution in [3.05, 3.63) is 70.4 Å². The molecular weight excluding hydrogens is 412 g/mol. The van der Waals surface area contributed by atoms with Crippen LogP contribution in [0.4, 0.5) is 0 Å². The molecule has 0 unspecified atom stereocenters. The maximum absolute atomic E-state index is 13.0. The number of hydrogen-bond donors (Lipinski definition) is 3. The molecule has 32 heavy (non-hydrogen) atoms. The molecule has 2 aromatic heterocycles. The van der Waals surface area contributed by atoms with Crippen molar-refractivity contribution in [1.82, 2.24) is 19.7 Å². The van der Waals surface area contributed by atoms with Gasteiger partial charge in [0.15, 0.2) is 0 Å². The highest BCUT2D eigenvalue weighted by Crippen LogP contribution is 2.40. The zero-order valence-corrected chi connectivity index (χ0v) is 17.2. The van der Waals surface area contributed by atoms with Crippen molar-refractivity contribution in [2.45, 2.75) is 13.8 Å². The maximum atomic E-state index is 13.0. The van der Waals surface area contributed by atoms with E-state index in [1.165, 1.54) is 16.7 Å². The molecule has 0 atom stereocenters. The van der Waals surface area contributed by atoms with Gasteiger partial charge in [0, 0.05) is 0 Å². The predicted molar refractivity (Wildman–Crippen MR) is 114 cm³/mol. The molecule has 2 aromatic carbocycles. The Balaban J connectivity index is 1.54. The summed E-state index contributed by atoms with van der Waals surface area (Å²) in [5.41, 5.74) is 2.73. The molecule has 0 saturated carbocycles. The van der Waals surface area contributed by atoms with Crippen molar-refractivity contribution in [1.29, 1.82) is 0 Å². The molecular formula is C23H18N4O5. The number of carbonyl (C=O) groups excluding carboxylic acids is 3. The largest absolute Gasteiger partial charge is 0.494 e. The highest BCUT2D eigenvalue weighted by Gasteiger charge is 2.37. The van der Waals surface area contributed by atoms with Crippen LogP contribution in [-0.2, 0) is 0 Å². The SMILES string of the molecule is Cc1ccc(-n2c(O)c3[nH]nc(C(=O)CN4C(=O)c5ccccc5C4=O)c3c2O)c(C)c1. The summed E-state index contributed by atoms with van der Waals surface area (Å²) in [5.74, 6) is -2.46. The number of imide groups is 1. The number of nitrogens with zero attached hydrogens (tertiary/aromatic N) is 3. The molecule has 9 nitrogen and oxygen atoms in total. The topological polar surface area (TPSA) is 129 Å². The van der Waals surface area contributed by atoms with E-state index in [0.717, 1.165) is 16.0 Å². The Hall–Kier alpha value is -4.40. The molecule has 2 amide bonds. The maximum Gasteiger partial charge on any atom is 0.261 e. The van der Waals surface area contributed by atoms with Gasteiger partial charge >= 0.3 is 0 Å². The normalized spacial score (nSPS) is 13.2. The van der Waals surface area contributed by atoms with Crippen molar-refractivity contribution in [3.63, 3.8) is 0 Å². The smallest absolute Gasteiger partial charge is 0.261 e. The number of aromatic amines is 1. The van der Waals surface area contributed by atoms with Gasteiger partial charge in [0.25, 0.3) is 11.8 Å². The number of ketones is 1. The molecule has 9 heteroatoms. The summed E-state index contributed by atoms with van der Waals surface area (Å²) in [4.78, 5) is 39.0. The number of aryl methyl sites for hydroxylation is 2. The Morgan fingerprint density at radius 2 is 1.66 bits per heavy atom. The fourth-order valence-corrected chi connectivity index (χ4v) is 4.13. The number of Topliss-reactive ketones (excluding diaryl/α,β-unsaturated/α-hetero) is 1. The molecule has 160 valence electrons. The standard InChI is InChI=1S/C23H18N4O5/c1-11-7-8-15(12(2)9-11)27-22(31)17-18(24-25-19(17)23(27)32)16(28)10-26-20(29)13-5-3-4-6-14(13)21(26)30/h3-9,25,31-32H,10H2,1-2H3. The van der Waals surface area contributed by atoms with Gasteiger partial charge in [0.2, 0.25) is 17.5 Å². The van der Waals surface area contributed by atoms with Crippen molar-refractivity contribution in [2.75, 3.05) is 6.54 Å². The summed E-state index contributed by atoms with van der Waals surface area (Å²) in [6.45, 7) is 3.22. The zero-order chi connectivity index (χ0) is 22.7. The van der Waals surface area contributed by atoms with Crippen LogP contribution in [0.3, 0.4) is 0 Å². The minimum absolute atomic E-state index is 0.0177. The number of fused-ring (bicyclic) bond motifs is 2. The van der Waals surface area contributed by atoms with Crippen molar-refractivity contribution in [2.24, 2.45) is 0 Å². The summed E-state index contributed by atoms with van der Waals surface area (Å²) >= 11 is 0. The van der Waals surface area contributed by atoms with E-state index < -0.39 is 24.1 Å². The van der Waals surface area contributed by atoms with E-state index in [-0.39, 0.29) is 39.5 Å². The van der Waals surface area contributed by atoms with Crippen LogP contribution in [0.2, 0.25) is 0 Å². The number of aromatic hydroxyl groups is 2. The minimum atomic E-state index is -0.654. The van der Waals surface area contributed by atoms with Crippen LogP contribution >= 0.6 is 0 Å². The summed E-state index contributed by atoms with van der Waals surface area (Å²) in [6, 6.07) is 11.8. The molecule has 0 saturated heterocycles. The van der Waals surface area contributed by atoms with Gasteiger partial charge in [0.1, 0.15) is 11.2 Å². The lowest BCUT2D eigenvalue weighted by Gasteiger charge is -2.12. The van der Waals surface area contributed by atoms with Crippen LogP contribution < -0.4 is 0 Å². The first-order valence-electron chi connectivity index (χ1n) is 9.86. The van der Waals surface area contributed by atoms with Gasteiger partial charge in [-0.3, -0.25) is 24.4 Å². The Kier molecular flexibility index (Phi) is 4.16. The number of amides is 2. The molecule has 0 fully saturated rings. The second-order valence-corrected chi connectivity index (χ2v) is 7.76. The molecule has 0 radical (unpaired) electrons. The van der Waals surface area contributed by atoms with Gasteiger partial charge in [-0.05, 0) is 37.6 Å². The van der Waals surface area contributed by atoms with Gasteiger partial charge in [-0.15, -0.1) is 0 Å². The quantitative estimate of drug-likeness (QED) is 0.337. The number of aromatic nitrogens is 3. The average Bonchev–Trinajstić information content (AvgIpc) is 3.38. The zero-order valence-electron chi connectivity index (χ0n) is 17.2. The highest BCUT2D eigenvalue weighted by atomic mass is 16.3. The number of hydrogen-bond acceptors (Lipinski definition) is 6. The molecule has 5 rings (SSSR count). The number of carbonyl (C=O) groups is 3. The van der Waals surface area contributed by atoms with Gasteiger partial charge < -0.3 is 10.2 Å². The first-order chi connectivity index (χ1) is 15.3. The highest BCUT2D eigenvalue weighted by molar-refractivity contribution is 6.23. The molecule has 0 aliphatic carbocycles. The van der Waals surface area contributed by atoms with E-state index in [9.17, 15) is 24.6 Å². The van der Waals surface area contributed by atoms with Gasteiger partial charge in [-0.1, -0.05) is 29.8 Å². The summed E-state index contributed by atoms with van der Waals surface area (Å²) in [6.07, 6.45) is 0. The minimum Gasteiger partial charge on any atom is -0.494 e. The lowest BCUT2D eigenvalue weighted by atomic mass is 10.1. The van der Waals surface area contributed by atoms with Crippen molar-refractivity contribution in [3.8, 4) is 17.4 Å². The van der Waals surface area contributed by atoms with Crippen LogP contribution in [0.25, 0.3) is 16.6 Å². The second-order valence-electron chi connectivity index (χ2n) is 7.76. The monoisotopic (exact) mass is 430 g/mol. The summed E-state index contributed by atoms with van der Waals surface area (Å²) in [7, 11) is 0. The fourth-order valence-electron chi connectivity index (χ4n) is 4.13. The first-order valence-corrected chi connectivity index (χ1v) is 9.86. The average molecular weight is 430 g/mol. The van der Waals surface area contributed by atoms with Gasteiger partial charge in [-0.25, -0.2) is 4.57 Å². The second kappa shape index (κ2) is 6.81. The van der Waals surface area contributed by atoms with E-state index in [1.54, 1.807) is 18.2 Å². The van der Waals surface area contributed by atoms with Crippen molar-refractivity contribution < 1.29 is 24.6 Å². The Bertz CT molecular complexity index is 1430. The van der Waals surface area contributed by atoms with E-state index in [1.807, 2.05) is 26.0 Å². The molecule has 1 aliphatic heterocycles. The van der Waals surface area contributed by atoms with Crippen LogP contribution in [0.15, 0.2) is 42.5 Å². The first kappa shape index (κ1) is 19.6. The number of H-pyrrole nitrogens is 1. The van der Waals surface area contributed by atoms with Crippen LogP contribution in [0.5, 0.6) is 11.8 Å². The van der Waals surface area contributed by atoms with E-state index in [2.05, 4.69) is 10.2 Å². The summed E-state index contributed by atoms with van der Waals surface area (Å²) in [5, 5.41) is 28.1. The Morgan fingerprint density at radius 1 is 1.00 bits per heavy atom. The van der Waals surface area contributed by atoms with Crippen LogP contribution in [0.1, 0.15) is 42.3 Å². The molecule has 0 spiro atoms. The Labute approximate surface area is 181 Å². The molecule has 0 bridgehead atoms. The Morgan fingerprint density at radius 3 is 2.28 bits per heavy atom. The van der Waals surface area contributed by atoms with E-state index in [4.69, 9.17) is 0 Å². The van der Waals surface area contributed by atoms with Gasteiger partial charge in [0.05, 0.1) is 28.7 Å². The molecule has 1 aliphatic rings. The van der Waals surface area contributed by atoms with Gasteiger partial charge in [-0.2, -0.15) is 5.10 Å². The van der Waals surface area contributed by atoms with Crippen LogP contribution in [0, 0.1) is 13.8 Å². The third kappa shape index (κ3) is 2.64. The third-order valence-corrected chi connectivity index (χ3v) is 5.67. The van der Waals surface area contributed by atoms with Crippen LogP contribution in [-0.4, -0.2) is 54.0 Å². The lowest BCUT2D eigenvalue weighted by molar-refractivity contribution is 0.0623. The van der Waals surface area contributed by atoms with E-state index in [0.29, 0.717) is 5.69 Å².